The van der Waals surface area contributed by atoms with Gasteiger partial charge in [-0.1, -0.05) is 135 Å². The van der Waals surface area contributed by atoms with Gasteiger partial charge >= 0.3 is 7.25 Å². The van der Waals surface area contributed by atoms with Gasteiger partial charge in [-0.05, 0) is 91.9 Å². The van der Waals surface area contributed by atoms with Crippen molar-refractivity contribution in [3.63, 3.8) is 0 Å². The molecule has 1 aliphatic carbocycles. The molecule has 0 amide bonds. The highest BCUT2D eigenvalue weighted by atomic mass is 19.5. The zero-order valence-corrected chi connectivity index (χ0v) is 34.8. The number of anilines is 4. The fraction of sp³-hybridized carbons (Fsp3) is 0.151. The van der Waals surface area contributed by atoms with Gasteiger partial charge in [0.2, 0.25) is 11.4 Å². The Morgan fingerprint density at radius 1 is 0.557 bits per heavy atom. The molecule has 0 fully saturated rings. The summed E-state index contributed by atoms with van der Waals surface area (Å²) in [6.45, 7) is 9.43. The van der Waals surface area contributed by atoms with Crippen LogP contribution >= 0.6 is 0 Å². The summed E-state index contributed by atoms with van der Waals surface area (Å²) in [6, 6.07) is 61.0. The number of para-hydroxylation sites is 6. The van der Waals surface area contributed by atoms with Crippen molar-refractivity contribution < 1.29 is 17.3 Å². The second kappa shape index (κ2) is 16.8. The molecular weight excluding hydrogens is 765 g/mol. The third kappa shape index (κ3) is 8.27. The van der Waals surface area contributed by atoms with Crippen LogP contribution in [0.5, 0.6) is 0 Å². The molecule has 306 valence electrons. The quantitative estimate of drug-likeness (QED) is 0.0860. The molecule has 0 bridgehead atoms. The van der Waals surface area contributed by atoms with Gasteiger partial charge in [0.15, 0.2) is 5.71 Å². The highest BCUT2D eigenvalue weighted by molar-refractivity contribution is 6.50. The maximum Gasteiger partial charge on any atom is 0.673 e. The van der Waals surface area contributed by atoms with E-state index in [1.54, 1.807) is 0 Å². The number of allylic oxidation sites excluding steroid dienone is 7. The van der Waals surface area contributed by atoms with Crippen molar-refractivity contribution in [1.82, 2.24) is 4.58 Å². The Balaban J connectivity index is 0.000000973. The number of fused-ring (bicyclic) bond motifs is 2. The Morgan fingerprint density at radius 2 is 1.07 bits per heavy atom. The van der Waals surface area contributed by atoms with Crippen molar-refractivity contribution in [2.24, 2.45) is 0 Å². The number of nitrogens with zero attached hydrogens (tertiary/aromatic N) is 3. The summed E-state index contributed by atoms with van der Waals surface area (Å²) in [7, 11) is -6.00. The lowest BCUT2D eigenvalue weighted by atomic mass is 9.81. The molecule has 3 nitrogen and oxygen atoms in total. The van der Waals surface area contributed by atoms with Crippen LogP contribution in [0.25, 0.3) is 0 Å². The summed E-state index contributed by atoms with van der Waals surface area (Å²) in [5.74, 6) is 0. The molecule has 0 unspecified atom stereocenters. The molecule has 0 N–H and O–H groups in total. The second-order valence-electron chi connectivity index (χ2n) is 16.5. The molecule has 6 aromatic rings. The minimum Gasteiger partial charge on any atom is -0.418 e. The summed E-state index contributed by atoms with van der Waals surface area (Å²) < 4.78 is 41.5. The van der Waals surface area contributed by atoms with Crippen LogP contribution in [0, 0.1) is 0 Å². The minimum absolute atomic E-state index is 0.187. The third-order valence-corrected chi connectivity index (χ3v) is 11.8. The summed E-state index contributed by atoms with van der Waals surface area (Å²) in [6.07, 6.45) is 11.5. The molecule has 9 rings (SSSR count). The molecule has 0 spiro atoms. The fourth-order valence-corrected chi connectivity index (χ4v) is 9.01. The zero-order chi connectivity index (χ0) is 42.8. The Morgan fingerprint density at radius 3 is 1.67 bits per heavy atom. The van der Waals surface area contributed by atoms with Crippen LogP contribution in [-0.4, -0.2) is 13.0 Å². The average molecular weight is 814 g/mol. The molecule has 0 aromatic heterocycles. The Hall–Kier alpha value is -6.67. The van der Waals surface area contributed by atoms with Crippen LogP contribution in [0.4, 0.5) is 51.4 Å². The van der Waals surface area contributed by atoms with Crippen molar-refractivity contribution in [1.29, 1.82) is 0 Å². The zero-order valence-electron chi connectivity index (χ0n) is 34.8. The van der Waals surface area contributed by atoms with Crippen molar-refractivity contribution >= 4 is 47.1 Å². The third-order valence-electron chi connectivity index (χ3n) is 11.8. The van der Waals surface area contributed by atoms with Gasteiger partial charge < -0.3 is 27.1 Å². The van der Waals surface area contributed by atoms with Crippen LogP contribution in [0.1, 0.15) is 51.7 Å². The lowest BCUT2D eigenvalue weighted by Gasteiger charge is -2.29. The average Bonchev–Trinajstić information content (AvgIpc) is 3.84. The summed E-state index contributed by atoms with van der Waals surface area (Å²) in [5.41, 5.74) is 15.9. The highest BCUT2D eigenvalue weighted by Crippen LogP contribution is 2.51. The number of benzene rings is 6. The van der Waals surface area contributed by atoms with Crippen LogP contribution < -0.4 is 14.4 Å². The lowest BCUT2D eigenvalue weighted by Crippen LogP contribution is -2.27. The first-order valence-electron chi connectivity index (χ1n) is 20.7. The van der Waals surface area contributed by atoms with Crippen molar-refractivity contribution in [3.8, 4) is 0 Å². The van der Waals surface area contributed by atoms with Crippen molar-refractivity contribution in [3.05, 3.63) is 228 Å². The summed E-state index contributed by atoms with van der Waals surface area (Å²) >= 11 is 0. The molecular formula is C53H48BF4N3. The summed E-state index contributed by atoms with van der Waals surface area (Å²) in [5, 5.41) is 0. The molecule has 61 heavy (non-hydrogen) atoms. The first kappa shape index (κ1) is 41.1. The molecule has 8 heteroatoms. The van der Waals surface area contributed by atoms with Gasteiger partial charge in [-0.15, -0.1) is 0 Å². The molecule has 0 saturated heterocycles. The number of hydrogen-bond acceptors (Lipinski definition) is 2. The van der Waals surface area contributed by atoms with E-state index < -0.39 is 7.25 Å². The minimum atomic E-state index is -6.00. The molecule has 2 heterocycles. The first-order valence-corrected chi connectivity index (χ1v) is 20.7. The first-order chi connectivity index (χ1) is 29.3. The monoisotopic (exact) mass is 813 g/mol. The Kier molecular flexibility index (Phi) is 11.3. The van der Waals surface area contributed by atoms with E-state index in [4.69, 9.17) is 0 Å². The van der Waals surface area contributed by atoms with Gasteiger partial charge in [0.05, 0.1) is 11.1 Å². The fourth-order valence-electron chi connectivity index (χ4n) is 9.01. The van der Waals surface area contributed by atoms with Crippen molar-refractivity contribution in [2.45, 2.75) is 51.4 Å². The predicted molar refractivity (Wildman–Crippen MR) is 247 cm³/mol. The summed E-state index contributed by atoms with van der Waals surface area (Å²) in [4.78, 5) is 4.92. The lowest BCUT2D eigenvalue weighted by molar-refractivity contribution is 0.368. The van der Waals surface area contributed by atoms with Gasteiger partial charge in [0.1, 0.15) is 0 Å². The molecule has 0 saturated carbocycles. The van der Waals surface area contributed by atoms with Gasteiger partial charge in [0, 0.05) is 63.7 Å². The predicted octanol–water partition coefficient (Wildman–Crippen LogP) is 14.9. The number of hydrogen-bond donors (Lipinski definition) is 0. The highest BCUT2D eigenvalue weighted by Gasteiger charge is 2.45. The van der Waals surface area contributed by atoms with Gasteiger partial charge in [-0.25, -0.2) is 0 Å². The standard InChI is InChI=1S/C53H48N3.BF4/c1-52(2)45-29-17-19-31-47(45)55(43-25-13-7-14-26-43)49(52)37-35-39-33-34-40(51(39)54(41-21-9-5-10-22-41)42-23-11-6-12-24-42)36-38-50-53(3,4)46-30-18-20-32-48(46)56(50)44-27-15-8-16-28-44;2-1(3,4)5/h5-32,35-38H,33-34H2,1-4H3;/q+1;-1. The van der Waals surface area contributed by atoms with E-state index in [0.717, 1.165) is 24.2 Å². The Bertz CT molecular complexity index is 2640. The van der Waals surface area contributed by atoms with Crippen LogP contribution in [0.2, 0.25) is 0 Å². The van der Waals surface area contributed by atoms with Crippen LogP contribution in [0.15, 0.2) is 217 Å². The molecule has 2 aliphatic heterocycles. The van der Waals surface area contributed by atoms with Gasteiger partial charge in [-0.3, -0.25) is 0 Å². The van der Waals surface area contributed by atoms with E-state index in [-0.39, 0.29) is 10.8 Å². The molecule has 6 aromatic carbocycles. The van der Waals surface area contributed by atoms with E-state index >= 15 is 0 Å². The smallest absolute Gasteiger partial charge is 0.418 e. The van der Waals surface area contributed by atoms with Gasteiger partial charge in [-0.2, -0.15) is 4.58 Å². The van der Waals surface area contributed by atoms with Crippen LogP contribution in [0.3, 0.4) is 0 Å². The number of rotatable bonds is 8. The van der Waals surface area contributed by atoms with E-state index in [1.165, 1.54) is 62.1 Å². The van der Waals surface area contributed by atoms with Crippen molar-refractivity contribution in [2.75, 3.05) is 9.80 Å². The topological polar surface area (TPSA) is 9.49 Å². The number of halogens is 4. The largest absolute Gasteiger partial charge is 0.673 e. The maximum absolute atomic E-state index is 9.75. The van der Waals surface area contributed by atoms with E-state index in [1.807, 2.05) is 0 Å². The van der Waals surface area contributed by atoms with Crippen LogP contribution in [-0.2, 0) is 10.8 Å². The SMILES string of the molecule is CC1(C)C(/C=C/C2=C(N(c3ccccc3)c3ccccc3)C(=C/C=C3/N(c4ccccc4)c4ccccc4C3(C)C)/CC2)=[N+](c2ccccc2)c2ccccc21.F[B-](F)(F)F. The normalized spacial score (nSPS) is 17.8. The van der Waals surface area contributed by atoms with E-state index in [2.05, 4.69) is 236 Å². The second-order valence-corrected chi connectivity index (χ2v) is 16.5. The Labute approximate surface area is 356 Å². The molecule has 0 atom stereocenters. The molecule has 0 radical (unpaired) electrons. The maximum atomic E-state index is 9.75. The van der Waals surface area contributed by atoms with Gasteiger partial charge in [0.25, 0.3) is 0 Å². The molecule has 3 aliphatic rings. The van der Waals surface area contributed by atoms with E-state index in [9.17, 15) is 17.3 Å². The van der Waals surface area contributed by atoms with E-state index in [0.29, 0.717) is 0 Å².